The van der Waals surface area contributed by atoms with E-state index in [9.17, 15) is 4.79 Å². The summed E-state index contributed by atoms with van der Waals surface area (Å²) < 4.78 is 5.49. The molecule has 0 atom stereocenters. The first-order valence-electron chi connectivity index (χ1n) is 5.84. The van der Waals surface area contributed by atoms with Gasteiger partial charge >= 0.3 is 0 Å². The van der Waals surface area contributed by atoms with E-state index in [1.54, 1.807) is 24.3 Å². The number of ketones is 1. The van der Waals surface area contributed by atoms with Gasteiger partial charge in [-0.3, -0.25) is 4.79 Å². The van der Waals surface area contributed by atoms with E-state index in [4.69, 9.17) is 39.5 Å². The first-order valence-corrected chi connectivity index (χ1v) is 6.98. The van der Waals surface area contributed by atoms with Crippen molar-refractivity contribution in [1.82, 2.24) is 0 Å². The van der Waals surface area contributed by atoms with E-state index in [-0.39, 0.29) is 12.4 Å². The predicted octanol–water partition coefficient (Wildman–Crippen LogP) is 5.22. The van der Waals surface area contributed by atoms with Crippen molar-refractivity contribution in [2.24, 2.45) is 0 Å². The van der Waals surface area contributed by atoms with Crippen molar-refractivity contribution in [2.45, 2.75) is 6.92 Å². The molecule has 0 N–H and O–H groups in total. The summed E-state index contributed by atoms with van der Waals surface area (Å²) >= 11 is 17.7. The lowest BCUT2D eigenvalue weighted by Crippen LogP contribution is -2.12. The topological polar surface area (TPSA) is 26.3 Å². The lowest BCUT2D eigenvalue weighted by molar-refractivity contribution is 0.0921. The molecule has 0 heterocycles. The summed E-state index contributed by atoms with van der Waals surface area (Å²) in [5.74, 6) is 0.334. The maximum absolute atomic E-state index is 12.1. The highest BCUT2D eigenvalue weighted by Gasteiger charge is 2.12. The van der Waals surface area contributed by atoms with Crippen LogP contribution in [0.4, 0.5) is 0 Å². The molecule has 0 saturated carbocycles. The van der Waals surface area contributed by atoms with Crippen LogP contribution in [-0.4, -0.2) is 12.4 Å². The van der Waals surface area contributed by atoms with Crippen LogP contribution < -0.4 is 4.74 Å². The molecule has 2 nitrogen and oxygen atoms in total. The number of benzene rings is 2. The van der Waals surface area contributed by atoms with Gasteiger partial charge < -0.3 is 4.74 Å². The highest BCUT2D eigenvalue weighted by Crippen LogP contribution is 2.24. The minimum absolute atomic E-state index is 0.124. The minimum atomic E-state index is -0.239. The molecular weight excluding hydrogens is 319 g/mol. The molecule has 0 aliphatic heterocycles. The fraction of sp³-hybridized carbons (Fsp3) is 0.133. The molecule has 104 valence electrons. The standard InChI is InChI=1S/C15H11Cl3O2/c1-9-2-3-11(17)7-15(9)20-8-14(19)12-6-10(16)4-5-13(12)18/h2-7H,8H2,1H3. The van der Waals surface area contributed by atoms with E-state index in [2.05, 4.69) is 0 Å². The minimum Gasteiger partial charge on any atom is -0.485 e. The predicted molar refractivity (Wildman–Crippen MR) is 82.5 cm³/mol. The van der Waals surface area contributed by atoms with Crippen LogP contribution in [0.5, 0.6) is 5.75 Å². The Hall–Kier alpha value is -1.22. The highest BCUT2D eigenvalue weighted by molar-refractivity contribution is 6.36. The lowest BCUT2D eigenvalue weighted by atomic mass is 10.1. The van der Waals surface area contributed by atoms with Crippen LogP contribution in [0.1, 0.15) is 15.9 Å². The van der Waals surface area contributed by atoms with Gasteiger partial charge in [0.25, 0.3) is 0 Å². The first-order chi connectivity index (χ1) is 9.47. The third-order valence-corrected chi connectivity index (χ3v) is 3.54. The third kappa shape index (κ3) is 3.66. The molecule has 0 unspecified atom stereocenters. The van der Waals surface area contributed by atoms with E-state index in [0.717, 1.165) is 5.56 Å². The molecular formula is C15H11Cl3O2. The second-order valence-electron chi connectivity index (χ2n) is 4.25. The number of aryl methyl sites for hydroxylation is 1. The molecule has 2 rings (SSSR count). The van der Waals surface area contributed by atoms with E-state index in [0.29, 0.717) is 26.4 Å². The van der Waals surface area contributed by atoms with E-state index in [1.807, 2.05) is 13.0 Å². The summed E-state index contributed by atoms with van der Waals surface area (Å²) in [6.07, 6.45) is 0. The fourth-order valence-corrected chi connectivity index (χ4v) is 2.22. The molecule has 0 radical (unpaired) electrons. The van der Waals surface area contributed by atoms with Crippen LogP contribution in [-0.2, 0) is 0 Å². The molecule has 0 fully saturated rings. The Labute approximate surface area is 132 Å². The van der Waals surface area contributed by atoms with Crippen molar-refractivity contribution >= 4 is 40.6 Å². The molecule has 2 aromatic carbocycles. The monoisotopic (exact) mass is 328 g/mol. The molecule has 0 aliphatic carbocycles. The molecule has 0 spiro atoms. The summed E-state index contributed by atoms with van der Waals surface area (Å²) in [5, 5.41) is 1.36. The van der Waals surface area contributed by atoms with Gasteiger partial charge in [-0.05, 0) is 42.8 Å². The SMILES string of the molecule is Cc1ccc(Cl)cc1OCC(=O)c1cc(Cl)ccc1Cl. The molecule has 20 heavy (non-hydrogen) atoms. The zero-order valence-corrected chi connectivity index (χ0v) is 12.9. The Morgan fingerprint density at radius 2 is 1.70 bits per heavy atom. The van der Waals surface area contributed by atoms with Crippen LogP contribution in [0.25, 0.3) is 0 Å². The number of hydrogen-bond donors (Lipinski definition) is 0. The van der Waals surface area contributed by atoms with Gasteiger partial charge in [-0.2, -0.15) is 0 Å². The molecule has 0 aromatic heterocycles. The third-order valence-electron chi connectivity index (χ3n) is 2.74. The lowest BCUT2D eigenvalue weighted by Gasteiger charge is -2.09. The number of rotatable bonds is 4. The van der Waals surface area contributed by atoms with Crippen molar-refractivity contribution in [3.63, 3.8) is 0 Å². The smallest absolute Gasteiger partial charge is 0.201 e. The Morgan fingerprint density at radius 1 is 1.05 bits per heavy atom. The van der Waals surface area contributed by atoms with Crippen molar-refractivity contribution in [3.05, 3.63) is 62.6 Å². The summed E-state index contributed by atoms with van der Waals surface area (Å²) in [7, 11) is 0. The molecule has 0 aliphatic rings. The van der Waals surface area contributed by atoms with Gasteiger partial charge in [0.1, 0.15) is 5.75 Å². The average Bonchev–Trinajstić information content (AvgIpc) is 2.42. The molecule has 0 saturated heterocycles. The fourth-order valence-electron chi connectivity index (χ4n) is 1.66. The second kappa shape index (κ2) is 6.49. The van der Waals surface area contributed by atoms with Gasteiger partial charge in [-0.25, -0.2) is 0 Å². The quantitative estimate of drug-likeness (QED) is 0.719. The Balaban J connectivity index is 2.12. The Morgan fingerprint density at radius 3 is 2.45 bits per heavy atom. The van der Waals surface area contributed by atoms with Gasteiger partial charge in [-0.1, -0.05) is 40.9 Å². The van der Waals surface area contributed by atoms with E-state index < -0.39 is 0 Å². The van der Waals surface area contributed by atoms with Crippen LogP contribution in [0.15, 0.2) is 36.4 Å². The van der Waals surface area contributed by atoms with Gasteiger partial charge in [0.05, 0.1) is 5.02 Å². The molecule has 5 heteroatoms. The number of Topliss-reactive ketones (excluding diaryl/α,β-unsaturated/α-hetero) is 1. The average molecular weight is 330 g/mol. The number of hydrogen-bond acceptors (Lipinski definition) is 2. The molecule has 0 amide bonds. The van der Waals surface area contributed by atoms with Gasteiger partial charge in [0.15, 0.2) is 6.61 Å². The Kier molecular flexibility index (Phi) is 4.92. The molecule has 0 bridgehead atoms. The van der Waals surface area contributed by atoms with Gasteiger partial charge in [0, 0.05) is 15.6 Å². The summed E-state index contributed by atoms with van der Waals surface area (Å²) in [5.41, 5.74) is 1.25. The number of carbonyl (C=O) groups is 1. The highest BCUT2D eigenvalue weighted by atomic mass is 35.5. The zero-order chi connectivity index (χ0) is 14.7. The zero-order valence-electron chi connectivity index (χ0n) is 10.6. The van der Waals surface area contributed by atoms with Crippen LogP contribution in [0, 0.1) is 6.92 Å². The van der Waals surface area contributed by atoms with Crippen molar-refractivity contribution in [1.29, 1.82) is 0 Å². The largest absolute Gasteiger partial charge is 0.485 e. The second-order valence-corrected chi connectivity index (χ2v) is 5.53. The van der Waals surface area contributed by atoms with Crippen molar-refractivity contribution in [2.75, 3.05) is 6.61 Å². The van der Waals surface area contributed by atoms with E-state index >= 15 is 0 Å². The number of carbonyl (C=O) groups excluding carboxylic acids is 1. The summed E-state index contributed by atoms with van der Waals surface area (Å²) in [6.45, 7) is 1.75. The molecule has 2 aromatic rings. The van der Waals surface area contributed by atoms with Crippen molar-refractivity contribution in [3.8, 4) is 5.75 Å². The summed E-state index contributed by atoms with van der Waals surface area (Å²) in [6, 6.07) is 10.0. The normalized spacial score (nSPS) is 10.4. The van der Waals surface area contributed by atoms with Crippen LogP contribution in [0.2, 0.25) is 15.1 Å². The van der Waals surface area contributed by atoms with Gasteiger partial charge in [-0.15, -0.1) is 0 Å². The number of halogens is 3. The van der Waals surface area contributed by atoms with E-state index in [1.165, 1.54) is 6.07 Å². The first kappa shape index (κ1) is 15.2. The van der Waals surface area contributed by atoms with Gasteiger partial charge in [0.2, 0.25) is 5.78 Å². The maximum atomic E-state index is 12.1. The maximum Gasteiger partial charge on any atom is 0.201 e. The summed E-state index contributed by atoms with van der Waals surface area (Å²) in [4.78, 5) is 12.1. The van der Waals surface area contributed by atoms with Crippen molar-refractivity contribution < 1.29 is 9.53 Å². The Bertz CT molecular complexity index is 654. The van der Waals surface area contributed by atoms with Crippen LogP contribution >= 0.6 is 34.8 Å². The van der Waals surface area contributed by atoms with Crippen LogP contribution in [0.3, 0.4) is 0 Å². The number of ether oxygens (including phenoxy) is 1.